The quantitative estimate of drug-likeness (QED) is 0.0188. The van der Waals surface area contributed by atoms with Crippen LogP contribution in [0.4, 0.5) is 9.59 Å². The van der Waals surface area contributed by atoms with E-state index in [2.05, 4.69) is 42.5 Å². The smallest absolute Gasteiger partial charge is 0.419 e. The lowest BCUT2D eigenvalue weighted by Crippen LogP contribution is -2.60. The normalized spacial score (nSPS) is 14.6. The second kappa shape index (κ2) is 38.2. The van der Waals surface area contributed by atoms with Crippen molar-refractivity contribution in [2.24, 2.45) is 29.4 Å². The van der Waals surface area contributed by atoms with E-state index < -0.39 is 142 Å². The Labute approximate surface area is 567 Å². The number of alkyl carbamates (subject to hydrolysis) is 1. The number of carboxylic acids is 1. The molecule has 1 heterocycles. The third-order valence-corrected chi connectivity index (χ3v) is 14.1. The standard InChI is InChI=1S/C69H114N10O17/c1-39(2)33-48(74-56(82)45(70)26-23-24-32-71-64(91)95-68(15,16)17)59(85)72-46(28-30-54(80)93-66(9,10)11)57(83)75-50(35-41(5)6)61(87)77-51(37-43-38-79(65(92)96-69(18,19)20)53-27-22-21-25-44(43)53)62(88)76-49(34-40(3)4)60(86)73-47(29-31-55(81)94-67(12,13)14)58(84)78-52(63(89)90)36-42(7)8/h21-22,25,27,38-42,45-52H,23-24,26,28-37,70H2,1-20H3,(H,71,91)(H,72,85)(H,73,86)(H,74,82)(H,75,83)(H,76,88)(H,77,87)(H,78,84)(H,89,90)/t45-,46?,47-,48+,49+,50+,51-,52?/m0/s1. The maximum atomic E-state index is 15.2. The third-order valence-electron chi connectivity index (χ3n) is 14.1. The lowest BCUT2D eigenvalue weighted by molar-refractivity contribution is -0.156. The van der Waals surface area contributed by atoms with Crippen LogP contribution >= 0.6 is 0 Å². The second-order valence-corrected chi connectivity index (χ2v) is 30.3. The zero-order valence-corrected chi connectivity index (χ0v) is 60.5. The number of para-hydroxylation sites is 1. The third kappa shape index (κ3) is 33.2. The van der Waals surface area contributed by atoms with E-state index in [1.165, 1.54) is 10.8 Å². The monoisotopic (exact) mass is 1350 g/mol. The average molecular weight is 1360 g/mol. The van der Waals surface area contributed by atoms with Gasteiger partial charge in [0.15, 0.2) is 0 Å². The summed E-state index contributed by atoms with van der Waals surface area (Å²) in [5.74, 6) is -9.71. The number of carboxylic acid groups (broad SMARTS) is 1. The first-order chi connectivity index (χ1) is 44.1. The van der Waals surface area contributed by atoms with Gasteiger partial charge in [-0.05, 0) is 176 Å². The first-order valence-corrected chi connectivity index (χ1v) is 33.5. The molecule has 0 saturated carbocycles. The maximum Gasteiger partial charge on any atom is 0.419 e. The molecule has 8 amide bonds. The fourth-order valence-corrected chi connectivity index (χ4v) is 9.99. The number of hydrogen-bond donors (Lipinski definition) is 10. The topological polar surface area (TPSA) is 389 Å². The van der Waals surface area contributed by atoms with E-state index >= 15 is 9.59 Å². The molecule has 8 atom stereocenters. The second-order valence-electron chi connectivity index (χ2n) is 30.3. The highest BCUT2D eigenvalue weighted by molar-refractivity contribution is 5.99. The van der Waals surface area contributed by atoms with Gasteiger partial charge in [0.05, 0.1) is 11.6 Å². The fraction of sp³-hybridized carbons (Fsp3) is 0.710. The van der Waals surface area contributed by atoms with E-state index in [0.29, 0.717) is 29.3 Å². The van der Waals surface area contributed by atoms with E-state index in [4.69, 9.17) is 24.7 Å². The van der Waals surface area contributed by atoms with Gasteiger partial charge in [0.25, 0.3) is 0 Å². The Balaban J connectivity index is 2.76. The lowest BCUT2D eigenvalue weighted by Gasteiger charge is -2.29. The molecule has 0 aliphatic rings. The summed E-state index contributed by atoms with van der Waals surface area (Å²) in [5, 5.41) is 32.0. The van der Waals surface area contributed by atoms with Crippen LogP contribution in [0, 0.1) is 23.7 Å². The molecule has 2 aromatic rings. The number of nitrogens with two attached hydrogens (primary N) is 1. The summed E-state index contributed by atoms with van der Waals surface area (Å²) in [7, 11) is 0. The molecule has 0 saturated heterocycles. The van der Waals surface area contributed by atoms with Crippen molar-refractivity contribution in [3.05, 3.63) is 36.0 Å². The predicted octanol–water partition coefficient (Wildman–Crippen LogP) is 6.90. The summed E-state index contributed by atoms with van der Waals surface area (Å²) in [6, 6.07) is -4.44. The number of carbonyl (C=O) groups excluding carboxylic acids is 11. The summed E-state index contributed by atoms with van der Waals surface area (Å²) < 4.78 is 23.3. The zero-order valence-electron chi connectivity index (χ0n) is 60.5. The Morgan fingerprint density at radius 3 is 1.21 bits per heavy atom. The van der Waals surface area contributed by atoms with Crippen molar-refractivity contribution < 1.29 is 81.6 Å². The molecule has 2 unspecified atom stereocenters. The van der Waals surface area contributed by atoms with E-state index in [1.54, 1.807) is 149 Å². The average Bonchev–Trinajstić information content (AvgIpc) is 1.63. The van der Waals surface area contributed by atoms with Crippen molar-refractivity contribution in [3.63, 3.8) is 0 Å². The molecule has 542 valence electrons. The van der Waals surface area contributed by atoms with Crippen LogP contribution in [0.25, 0.3) is 10.9 Å². The van der Waals surface area contributed by atoms with Crippen LogP contribution in [0.5, 0.6) is 0 Å². The largest absolute Gasteiger partial charge is 0.480 e. The molecule has 27 nitrogen and oxygen atoms in total. The van der Waals surface area contributed by atoms with Gasteiger partial charge in [-0.1, -0.05) is 73.6 Å². The van der Waals surface area contributed by atoms with E-state index in [1.807, 2.05) is 13.8 Å². The molecule has 0 aliphatic heterocycles. The number of nitrogens with one attached hydrogen (secondary N) is 8. The van der Waals surface area contributed by atoms with Crippen LogP contribution < -0.4 is 48.3 Å². The highest BCUT2D eigenvalue weighted by Crippen LogP contribution is 2.25. The molecule has 96 heavy (non-hydrogen) atoms. The van der Waals surface area contributed by atoms with Crippen LogP contribution in [0.15, 0.2) is 30.5 Å². The first kappa shape index (κ1) is 84.2. The number of carbonyl (C=O) groups is 12. The van der Waals surface area contributed by atoms with Crippen LogP contribution in [0.3, 0.4) is 0 Å². The summed E-state index contributed by atoms with van der Waals surface area (Å²) in [6.45, 7) is 34.8. The summed E-state index contributed by atoms with van der Waals surface area (Å²) >= 11 is 0. The van der Waals surface area contributed by atoms with Gasteiger partial charge in [-0.15, -0.1) is 0 Å². The van der Waals surface area contributed by atoms with Crippen LogP contribution in [-0.2, 0) is 73.3 Å². The molecule has 27 heteroatoms. The minimum atomic E-state index is -1.61. The van der Waals surface area contributed by atoms with Crippen molar-refractivity contribution in [3.8, 4) is 0 Å². The Bertz CT molecular complexity index is 2970. The SMILES string of the molecule is CC(C)CC(NC(=O)[C@H](CCC(=O)OC(C)(C)C)NC(=O)[C@@H](CC(C)C)NC(=O)[C@H](Cc1cn(C(=O)OC(C)(C)C)c2ccccc12)NC(=O)[C@@H](CC(C)C)NC(=O)C(CCC(=O)OC(C)(C)C)NC(=O)[C@@H](CC(C)C)NC(=O)[C@@H](N)CCCCNC(=O)OC(C)(C)C)C(=O)O. The van der Waals surface area contributed by atoms with Gasteiger partial charge < -0.3 is 72.3 Å². The number of unbranched alkanes of at least 4 members (excludes halogenated alkanes) is 1. The fourth-order valence-electron chi connectivity index (χ4n) is 9.99. The number of fused-ring (bicyclic) bond motifs is 1. The van der Waals surface area contributed by atoms with Gasteiger partial charge in [0.1, 0.15) is 64.7 Å². The van der Waals surface area contributed by atoms with Crippen LogP contribution in [0.2, 0.25) is 0 Å². The molecule has 1 aromatic heterocycles. The summed E-state index contributed by atoms with van der Waals surface area (Å²) in [6.07, 6.45) is -0.514. The van der Waals surface area contributed by atoms with E-state index in [-0.39, 0.29) is 94.4 Å². The molecule has 0 fully saturated rings. The lowest BCUT2D eigenvalue weighted by atomic mass is 9.98. The van der Waals surface area contributed by atoms with Crippen LogP contribution in [0.1, 0.15) is 215 Å². The number of benzene rings is 1. The van der Waals surface area contributed by atoms with Gasteiger partial charge in [-0.25, -0.2) is 14.4 Å². The molecular formula is C69H114N10O17. The number of aliphatic carboxylic acids is 1. The number of nitrogens with zero attached hydrogens (tertiary/aromatic N) is 1. The Morgan fingerprint density at radius 1 is 0.448 bits per heavy atom. The molecule has 1 aromatic carbocycles. The molecule has 0 spiro atoms. The van der Waals surface area contributed by atoms with Crippen molar-refractivity contribution in [2.45, 2.75) is 286 Å². The number of hydrogen-bond acceptors (Lipinski definition) is 17. The predicted molar refractivity (Wildman–Crippen MR) is 362 cm³/mol. The molecular weight excluding hydrogens is 1240 g/mol. The maximum absolute atomic E-state index is 15.2. The molecule has 2 rings (SSSR count). The number of amides is 8. The van der Waals surface area contributed by atoms with E-state index in [0.717, 1.165) is 0 Å². The van der Waals surface area contributed by atoms with Gasteiger partial charge in [0, 0.05) is 37.4 Å². The molecule has 0 aliphatic carbocycles. The van der Waals surface area contributed by atoms with E-state index in [9.17, 15) is 53.1 Å². The number of ether oxygens (including phenoxy) is 4. The summed E-state index contributed by atoms with van der Waals surface area (Å²) in [5.41, 5.74) is 3.63. The molecule has 0 radical (unpaired) electrons. The highest BCUT2D eigenvalue weighted by atomic mass is 16.6. The Kier molecular flexibility index (Phi) is 33.5. The minimum Gasteiger partial charge on any atom is -0.480 e. The van der Waals surface area contributed by atoms with Crippen molar-refractivity contribution >= 4 is 82.3 Å². The number of aromatic nitrogens is 1. The Morgan fingerprint density at radius 2 is 0.802 bits per heavy atom. The zero-order chi connectivity index (χ0) is 73.4. The molecule has 11 N–H and O–H groups in total. The van der Waals surface area contributed by atoms with Crippen molar-refractivity contribution in [1.82, 2.24) is 47.1 Å². The summed E-state index contributed by atoms with van der Waals surface area (Å²) in [4.78, 5) is 166. The first-order valence-electron chi connectivity index (χ1n) is 33.5. The van der Waals surface area contributed by atoms with Gasteiger partial charge >= 0.3 is 30.1 Å². The van der Waals surface area contributed by atoms with Crippen molar-refractivity contribution in [2.75, 3.05) is 6.54 Å². The minimum absolute atomic E-state index is 0.0366. The Hall–Kier alpha value is -7.84. The number of rotatable bonds is 36. The van der Waals surface area contributed by atoms with Crippen LogP contribution in [-0.4, -0.2) is 158 Å². The highest BCUT2D eigenvalue weighted by Gasteiger charge is 2.37. The van der Waals surface area contributed by atoms with Gasteiger partial charge in [-0.3, -0.25) is 47.7 Å². The van der Waals surface area contributed by atoms with Gasteiger partial charge in [-0.2, -0.15) is 0 Å². The van der Waals surface area contributed by atoms with Gasteiger partial charge in [0.2, 0.25) is 41.4 Å². The molecule has 0 bridgehead atoms. The number of esters is 2. The van der Waals surface area contributed by atoms with Crippen molar-refractivity contribution in [1.29, 1.82) is 0 Å².